The lowest BCUT2D eigenvalue weighted by molar-refractivity contribution is 0.183. The van der Waals surface area contributed by atoms with E-state index in [1.165, 1.54) is 0 Å². The zero-order valence-electron chi connectivity index (χ0n) is 9.03. The summed E-state index contributed by atoms with van der Waals surface area (Å²) in [6.45, 7) is 2.81. The second-order valence-electron chi connectivity index (χ2n) is 3.47. The van der Waals surface area contributed by atoms with Gasteiger partial charge in [0.2, 0.25) is 0 Å². The van der Waals surface area contributed by atoms with E-state index >= 15 is 0 Å². The molecule has 78 valence electrons. The highest BCUT2D eigenvalue weighted by molar-refractivity contribution is 5.67. The van der Waals surface area contributed by atoms with Crippen LogP contribution in [0.1, 0.15) is 6.92 Å². The lowest BCUT2D eigenvalue weighted by Gasteiger charge is -2.27. The van der Waals surface area contributed by atoms with Crippen molar-refractivity contribution in [2.75, 3.05) is 31.4 Å². The van der Waals surface area contributed by atoms with Gasteiger partial charge in [0, 0.05) is 20.2 Å². The van der Waals surface area contributed by atoms with Crippen molar-refractivity contribution in [3.63, 3.8) is 0 Å². The maximum absolute atomic E-state index is 5.87. The first-order valence-corrected chi connectivity index (χ1v) is 4.73. The Morgan fingerprint density at radius 3 is 2.64 bits per heavy atom. The predicted octanol–water partition coefficient (Wildman–Crippen LogP) is 1.74. The zero-order valence-corrected chi connectivity index (χ0v) is 9.03. The zero-order chi connectivity index (χ0) is 10.6. The van der Waals surface area contributed by atoms with Crippen LogP contribution in [0.2, 0.25) is 0 Å². The molecular weight excluding hydrogens is 176 g/mol. The molecule has 0 aliphatic rings. The molecular formula is C11H18N2O. The van der Waals surface area contributed by atoms with Crippen LogP contribution in [0, 0.1) is 0 Å². The molecule has 14 heavy (non-hydrogen) atoms. The lowest BCUT2D eigenvalue weighted by atomic mass is 10.2. The largest absolute Gasteiger partial charge is 0.397 e. The normalized spacial score (nSPS) is 12.5. The molecule has 3 heteroatoms. The molecule has 0 aliphatic heterocycles. The maximum Gasteiger partial charge on any atom is 0.0663 e. The van der Waals surface area contributed by atoms with Crippen molar-refractivity contribution in [1.29, 1.82) is 0 Å². The molecule has 1 aromatic carbocycles. The number of likely N-dealkylation sites (N-methyl/N-ethyl adjacent to an activating group) is 1. The Morgan fingerprint density at radius 1 is 1.43 bits per heavy atom. The van der Waals surface area contributed by atoms with Gasteiger partial charge in [-0.2, -0.15) is 0 Å². The second kappa shape index (κ2) is 4.86. The molecule has 2 N–H and O–H groups in total. The third kappa shape index (κ3) is 2.39. The van der Waals surface area contributed by atoms with Gasteiger partial charge in [0.05, 0.1) is 18.0 Å². The Morgan fingerprint density at radius 2 is 2.07 bits per heavy atom. The van der Waals surface area contributed by atoms with Crippen LogP contribution in [-0.2, 0) is 4.74 Å². The number of nitrogen functional groups attached to an aromatic ring is 1. The summed E-state index contributed by atoms with van der Waals surface area (Å²) in [4.78, 5) is 2.12. The van der Waals surface area contributed by atoms with E-state index in [1.54, 1.807) is 7.11 Å². The number of hydrogen-bond acceptors (Lipinski definition) is 3. The van der Waals surface area contributed by atoms with Crippen LogP contribution in [0.5, 0.6) is 0 Å². The Hall–Kier alpha value is -1.22. The first kappa shape index (κ1) is 10.9. The van der Waals surface area contributed by atoms with Gasteiger partial charge in [-0.1, -0.05) is 12.1 Å². The predicted molar refractivity (Wildman–Crippen MR) is 60.6 cm³/mol. The summed E-state index contributed by atoms with van der Waals surface area (Å²) in [5.41, 5.74) is 7.73. The summed E-state index contributed by atoms with van der Waals surface area (Å²) in [5.74, 6) is 0. The van der Waals surface area contributed by atoms with Crippen LogP contribution in [0.25, 0.3) is 0 Å². The minimum Gasteiger partial charge on any atom is -0.397 e. The van der Waals surface area contributed by atoms with Crippen molar-refractivity contribution in [3.8, 4) is 0 Å². The van der Waals surface area contributed by atoms with E-state index in [4.69, 9.17) is 10.5 Å². The maximum atomic E-state index is 5.87. The molecule has 0 heterocycles. The van der Waals surface area contributed by atoms with Crippen LogP contribution < -0.4 is 10.6 Å². The van der Waals surface area contributed by atoms with E-state index < -0.39 is 0 Å². The highest BCUT2D eigenvalue weighted by Crippen LogP contribution is 2.22. The molecule has 3 nitrogen and oxygen atoms in total. The average Bonchev–Trinajstić information content (AvgIpc) is 2.18. The van der Waals surface area contributed by atoms with Gasteiger partial charge < -0.3 is 15.4 Å². The van der Waals surface area contributed by atoms with E-state index in [1.807, 2.05) is 31.3 Å². The molecule has 0 spiro atoms. The molecule has 0 aromatic heterocycles. The highest BCUT2D eigenvalue weighted by atomic mass is 16.5. The fraction of sp³-hybridized carbons (Fsp3) is 0.455. The topological polar surface area (TPSA) is 38.5 Å². The summed E-state index contributed by atoms with van der Waals surface area (Å²) in [6.07, 6.45) is 0. The fourth-order valence-corrected chi connectivity index (χ4v) is 1.40. The smallest absolute Gasteiger partial charge is 0.0663 e. The van der Waals surface area contributed by atoms with E-state index in [9.17, 15) is 0 Å². The SMILES string of the molecule is COCC(C)N(C)c1ccccc1N. The molecule has 0 saturated carbocycles. The van der Waals surface area contributed by atoms with Crippen molar-refractivity contribution < 1.29 is 4.74 Å². The van der Waals surface area contributed by atoms with Gasteiger partial charge in [-0.05, 0) is 19.1 Å². The molecule has 1 rings (SSSR count). The number of para-hydroxylation sites is 2. The number of ether oxygens (including phenoxy) is 1. The van der Waals surface area contributed by atoms with E-state index in [0.717, 1.165) is 11.4 Å². The Bertz CT molecular complexity index is 288. The molecule has 1 aromatic rings. The number of anilines is 2. The van der Waals surface area contributed by atoms with Crippen LogP contribution in [0.3, 0.4) is 0 Å². The van der Waals surface area contributed by atoms with Gasteiger partial charge in [0.25, 0.3) is 0 Å². The number of methoxy groups -OCH3 is 1. The average molecular weight is 194 g/mol. The van der Waals surface area contributed by atoms with Crippen molar-refractivity contribution >= 4 is 11.4 Å². The van der Waals surface area contributed by atoms with Crippen molar-refractivity contribution in [1.82, 2.24) is 0 Å². The summed E-state index contributed by atoms with van der Waals surface area (Å²) >= 11 is 0. The summed E-state index contributed by atoms with van der Waals surface area (Å²) in [7, 11) is 3.73. The third-order valence-corrected chi connectivity index (χ3v) is 2.39. The highest BCUT2D eigenvalue weighted by Gasteiger charge is 2.11. The molecule has 1 atom stereocenters. The van der Waals surface area contributed by atoms with Gasteiger partial charge in [-0.3, -0.25) is 0 Å². The van der Waals surface area contributed by atoms with Gasteiger partial charge >= 0.3 is 0 Å². The molecule has 0 aliphatic carbocycles. The van der Waals surface area contributed by atoms with Gasteiger partial charge in [-0.25, -0.2) is 0 Å². The number of hydrogen-bond donors (Lipinski definition) is 1. The lowest BCUT2D eigenvalue weighted by Crippen LogP contribution is -2.33. The Labute approximate surface area is 85.5 Å². The second-order valence-corrected chi connectivity index (χ2v) is 3.47. The van der Waals surface area contributed by atoms with E-state index in [2.05, 4.69) is 11.8 Å². The Kier molecular flexibility index (Phi) is 3.77. The molecule has 0 amide bonds. The molecule has 0 bridgehead atoms. The minimum absolute atomic E-state index is 0.324. The van der Waals surface area contributed by atoms with Gasteiger partial charge in [-0.15, -0.1) is 0 Å². The van der Waals surface area contributed by atoms with Crippen molar-refractivity contribution in [2.24, 2.45) is 0 Å². The number of rotatable bonds is 4. The molecule has 0 saturated heterocycles. The van der Waals surface area contributed by atoms with Gasteiger partial charge in [0.15, 0.2) is 0 Å². The standard InChI is InChI=1S/C11H18N2O/c1-9(8-14-3)13(2)11-7-5-4-6-10(11)12/h4-7,9H,8,12H2,1-3H3. The Balaban J connectivity index is 2.78. The summed E-state index contributed by atoms with van der Waals surface area (Å²) in [5, 5.41) is 0. The monoisotopic (exact) mass is 194 g/mol. The number of nitrogens with zero attached hydrogens (tertiary/aromatic N) is 1. The van der Waals surface area contributed by atoms with Crippen LogP contribution >= 0.6 is 0 Å². The number of benzene rings is 1. The van der Waals surface area contributed by atoms with E-state index in [0.29, 0.717) is 12.6 Å². The van der Waals surface area contributed by atoms with Crippen LogP contribution in [0.4, 0.5) is 11.4 Å². The van der Waals surface area contributed by atoms with Crippen molar-refractivity contribution in [3.05, 3.63) is 24.3 Å². The summed E-state index contributed by atoms with van der Waals surface area (Å²) in [6, 6.07) is 8.17. The first-order chi connectivity index (χ1) is 6.66. The van der Waals surface area contributed by atoms with Crippen molar-refractivity contribution in [2.45, 2.75) is 13.0 Å². The van der Waals surface area contributed by atoms with E-state index in [-0.39, 0.29) is 0 Å². The summed E-state index contributed by atoms with van der Waals surface area (Å²) < 4.78 is 5.10. The van der Waals surface area contributed by atoms with Crippen LogP contribution in [0.15, 0.2) is 24.3 Å². The minimum atomic E-state index is 0.324. The third-order valence-electron chi connectivity index (χ3n) is 2.39. The first-order valence-electron chi connectivity index (χ1n) is 4.73. The molecule has 0 radical (unpaired) electrons. The molecule has 1 unspecified atom stereocenters. The van der Waals surface area contributed by atoms with Gasteiger partial charge in [0.1, 0.15) is 0 Å². The van der Waals surface area contributed by atoms with Crippen LogP contribution in [-0.4, -0.2) is 26.8 Å². The fourth-order valence-electron chi connectivity index (χ4n) is 1.40. The quantitative estimate of drug-likeness (QED) is 0.742. The molecule has 0 fully saturated rings. The number of nitrogens with two attached hydrogens (primary N) is 1.